The standard InChI is InChI=1S/C29H39N5O2.ClH/c1-20(2)15-28(35)33-13-8-12-32(14-11-30-18-24-9-6-7-10-26(24)33)29(36)19-34-23(5)31-25-16-21(3)22(4)17-27(25)34;/h6-7,9-10,16-17,20,30H,8,11-15,18-19H2,1-5H3;1H. The zero-order chi connectivity index (χ0) is 25.8. The molecule has 0 atom stereocenters. The van der Waals surface area contributed by atoms with Crippen molar-refractivity contribution in [2.45, 2.75) is 60.5 Å². The molecule has 0 spiro atoms. The van der Waals surface area contributed by atoms with Gasteiger partial charge in [0.05, 0.1) is 11.0 Å². The van der Waals surface area contributed by atoms with Crippen molar-refractivity contribution < 1.29 is 9.59 Å². The summed E-state index contributed by atoms with van der Waals surface area (Å²) in [5.41, 5.74) is 6.41. The van der Waals surface area contributed by atoms with Gasteiger partial charge in [0, 0.05) is 44.8 Å². The lowest BCUT2D eigenvalue weighted by atomic mass is 10.1. The minimum atomic E-state index is 0. The molecule has 2 heterocycles. The summed E-state index contributed by atoms with van der Waals surface area (Å²) in [6, 6.07) is 12.3. The molecule has 8 heteroatoms. The highest BCUT2D eigenvalue weighted by atomic mass is 35.5. The summed E-state index contributed by atoms with van der Waals surface area (Å²) >= 11 is 0. The van der Waals surface area contributed by atoms with Crippen LogP contribution in [0.1, 0.15) is 49.2 Å². The Kier molecular flexibility index (Phi) is 9.74. The molecule has 0 saturated carbocycles. The zero-order valence-electron chi connectivity index (χ0n) is 22.7. The molecule has 0 fully saturated rings. The van der Waals surface area contributed by atoms with Gasteiger partial charge in [-0.3, -0.25) is 9.59 Å². The summed E-state index contributed by atoms with van der Waals surface area (Å²) in [5, 5.41) is 3.49. The van der Waals surface area contributed by atoms with E-state index in [0.717, 1.165) is 34.5 Å². The molecule has 0 bridgehead atoms. The molecule has 0 unspecified atom stereocenters. The van der Waals surface area contributed by atoms with E-state index in [0.29, 0.717) is 45.1 Å². The van der Waals surface area contributed by atoms with Gasteiger partial charge in [0.15, 0.2) is 0 Å². The van der Waals surface area contributed by atoms with Crippen molar-refractivity contribution in [1.29, 1.82) is 0 Å². The molecule has 37 heavy (non-hydrogen) atoms. The van der Waals surface area contributed by atoms with Gasteiger partial charge in [0.2, 0.25) is 11.8 Å². The number of hydrogen-bond donors (Lipinski definition) is 1. The van der Waals surface area contributed by atoms with E-state index in [1.54, 1.807) is 0 Å². The zero-order valence-corrected chi connectivity index (χ0v) is 23.5. The molecule has 1 aliphatic heterocycles. The van der Waals surface area contributed by atoms with Crippen LogP contribution in [-0.4, -0.2) is 52.4 Å². The topological polar surface area (TPSA) is 70.5 Å². The summed E-state index contributed by atoms with van der Waals surface area (Å²) < 4.78 is 2.02. The predicted molar refractivity (Wildman–Crippen MR) is 152 cm³/mol. The average Bonchev–Trinajstić information content (AvgIpc) is 3.09. The first-order valence-electron chi connectivity index (χ1n) is 13.1. The van der Waals surface area contributed by atoms with Crippen LogP contribution < -0.4 is 10.2 Å². The Morgan fingerprint density at radius 2 is 1.73 bits per heavy atom. The number of nitrogens with one attached hydrogen (secondary N) is 1. The lowest BCUT2D eigenvalue weighted by Crippen LogP contribution is -2.40. The van der Waals surface area contributed by atoms with E-state index >= 15 is 0 Å². The van der Waals surface area contributed by atoms with Crippen LogP contribution in [0.15, 0.2) is 36.4 Å². The number of nitrogens with zero attached hydrogens (tertiary/aromatic N) is 4. The molecule has 3 aromatic rings. The minimum absolute atomic E-state index is 0. The van der Waals surface area contributed by atoms with Crippen molar-refractivity contribution >= 4 is 40.9 Å². The molecule has 0 radical (unpaired) electrons. The SMILES string of the molecule is Cc1cc2nc(C)n(CC(=O)N3CCCN(C(=O)CC(C)C)c4ccccc4CNCC3)c2cc1C.Cl. The summed E-state index contributed by atoms with van der Waals surface area (Å²) in [4.78, 5) is 35.2. The summed E-state index contributed by atoms with van der Waals surface area (Å²) in [6.45, 7) is 13.7. The molecule has 200 valence electrons. The minimum Gasteiger partial charge on any atom is -0.340 e. The number of hydrogen-bond acceptors (Lipinski definition) is 4. The molecule has 1 aliphatic rings. The van der Waals surface area contributed by atoms with Crippen LogP contribution >= 0.6 is 12.4 Å². The third kappa shape index (κ3) is 6.70. The fourth-order valence-corrected chi connectivity index (χ4v) is 4.92. The summed E-state index contributed by atoms with van der Waals surface area (Å²) in [7, 11) is 0. The van der Waals surface area contributed by atoms with Gasteiger partial charge in [-0.1, -0.05) is 32.0 Å². The third-order valence-corrected chi connectivity index (χ3v) is 7.05. The Bertz CT molecular complexity index is 1250. The average molecular weight is 526 g/mol. The summed E-state index contributed by atoms with van der Waals surface area (Å²) in [5.74, 6) is 1.36. The third-order valence-electron chi connectivity index (χ3n) is 7.05. The second-order valence-corrected chi connectivity index (χ2v) is 10.4. The van der Waals surface area contributed by atoms with Crippen molar-refractivity contribution in [2.24, 2.45) is 5.92 Å². The van der Waals surface area contributed by atoms with Gasteiger partial charge in [-0.25, -0.2) is 4.98 Å². The molecule has 7 nitrogen and oxygen atoms in total. The van der Waals surface area contributed by atoms with E-state index in [-0.39, 0.29) is 30.8 Å². The number of amides is 2. The van der Waals surface area contributed by atoms with Crippen molar-refractivity contribution in [2.75, 3.05) is 31.1 Å². The fraction of sp³-hybridized carbons (Fsp3) is 0.483. The number of para-hydroxylation sites is 1. The number of aryl methyl sites for hydroxylation is 3. The smallest absolute Gasteiger partial charge is 0.242 e. The van der Waals surface area contributed by atoms with Gasteiger partial charge in [-0.2, -0.15) is 0 Å². The summed E-state index contributed by atoms with van der Waals surface area (Å²) in [6.07, 6.45) is 1.24. The number of carbonyl (C=O) groups is 2. The molecule has 2 amide bonds. The first-order chi connectivity index (χ1) is 17.2. The van der Waals surface area contributed by atoms with E-state index in [2.05, 4.69) is 51.2 Å². The van der Waals surface area contributed by atoms with Gasteiger partial charge in [-0.05, 0) is 68.0 Å². The van der Waals surface area contributed by atoms with Crippen LogP contribution in [0.3, 0.4) is 0 Å². The highest BCUT2D eigenvalue weighted by Crippen LogP contribution is 2.24. The lowest BCUT2D eigenvalue weighted by molar-refractivity contribution is -0.131. The molecular weight excluding hydrogens is 486 g/mol. The monoisotopic (exact) mass is 525 g/mol. The van der Waals surface area contributed by atoms with E-state index in [9.17, 15) is 9.59 Å². The number of aromatic nitrogens is 2. The first-order valence-corrected chi connectivity index (χ1v) is 13.1. The molecule has 4 rings (SSSR count). The van der Waals surface area contributed by atoms with Gasteiger partial charge in [0.25, 0.3) is 0 Å². The highest BCUT2D eigenvalue weighted by Gasteiger charge is 2.22. The number of benzene rings is 2. The fourth-order valence-electron chi connectivity index (χ4n) is 4.92. The quantitative estimate of drug-likeness (QED) is 0.532. The number of anilines is 1. The Morgan fingerprint density at radius 3 is 2.49 bits per heavy atom. The maximum atomic E-state index is 13.5. The normalized spacial score (nSPS) is 14.8. The van der Waals surface area contributed by atoms with Crippen LogP contribution in [0.2, 0.25) is 0 Å². The molecule has 0 aliphatic carbocycles. The van der Waals surface area contributed by atoms with Crippen molar-refractivity contribution in [3.63, 3.8) is 0 Å². The number of rotatable bonds is 4. The van der Waals surface area contributed by atoms with Gasteiger partial charge in [-0.15, -0.1) is 12.4 Å². The molecule has 1 N–H and O–H groups in total. The molecule has 1 aromatic heterocycles. The largest absolute Gasteiger partial charge is 0.340 e. The van der Waals surface area contributed by atoms with E-state index in [1.165, 1.54) is 11.1 Å². The molecule has 2 aromatic carbocycles. The van der Waals surface area contributed by atoms with Gasteiger partial charge >= 0.3 is 0 Å². The Labute approximate surface area is 226 Å². The highest BCUT2D eigenvalue weighted by molar-refractivity contribution is 5.94. The van der Waals surface area contributed by atoms with Gasteiger partial charge < -0.3 is 19.7 Å². The van der Waals surface area contributed by atoms with Gasteiger partial charge in [0.1, 0.15) is 12.4 Å². The van der Waals surface area contributed by atoms with E-state index in [1.807, 2.05) is 39.5 Å². The van der Waals surface area contributed by atoms with Crippen molar-refractivity contribution in [3.8, 4) is 0 Å². The second-order valence-electron chi connectivity index (χ2n) is 10.4. The number of halogens is 1. The van der Waals surface area contributed by atoms with Crippen LogP contribution in [0.25, 0.3) is 11.0 Å². The first kappa shape index (κ1) is 28.7. The maximum Gasteiger partial charge on any atom is 0.242 e. The van der Waals surface area contributed by atoms with Crippen molar-refractivity contribution in [1.82, 2.24) is 19.8 Å². The Balaban J connectivity index is 0.00000380. The molecular formula is C29H40ClN5O2. The van der Waals surface area contributed by atoms with E-state index in [4.69, 9.17) is 4.98 Å². The Hall–Kier alpha value is -2.90. The lowest BCUT2D eigenvalue weighted by Gasteiger charge is -2.27. The van der Waals surface area contributed by atoms with Crippen LogP contribution in [0.5, 0.6) is 0 Å². The van der Waals surface area contributed by atoms with Crippen LogP contribution in [0, 0.1) is 26.7 Å². The Morgan fingerprint density at radius 1 is 1.00 bits per heavy atom. The number of imidazole rings is 1. The maximum absolute atomic E-state index is 13.5. The van der Waals surface area contributed by atoms with E-state index < -0.39 is 0 Å². The second kappa shape index (κ2) is 12.6. The number of carbonyl (C=O) groups excluding carboxylic acids is 2. The number of fused-ring (bicyclic) bond motifs is 2. The molecule has 0 saturated heterocycles. The predicted octanol–water partition coefficient (Wildman–Crippen LogP) is 4.78. The van der Waals surface area contributed by atoms with Crippen LogP contribution in [0.4, 0.5) is 5.69 Å². The van der Waals surface area contributed by atoms with Crippen LogP contribution in [-0.2, 0) is 22.7 Å². The van der Waals surface area contributed by atoms with Crippen molar-refractivity contribution in [3.05, 3.63) is 58.9 Å².